The van der Waals surface area contributed by atoms with Crippen molar-refractivity contribution < 1.29 is 18.7 Å². The van der Waals surface area contributed by atoms with E-state index in [0.717, 1.165) is 22.6 Å². The van der Waals surface area contributed by atoms with Crippen LogP contribution in [-0.2, 0) is 10.2 Å². The molecule has 1 N–H and O–H groups in total. The van der Waals surface area contributed by atoms with E-state index in [1.807, 2.05) is 48.5 Å². The number of ether oxygens (including phenoxy) is 2. The van der Waals surface area contributed by atoms with Crippen LogP contribution in [0, 0.1) is 11.7 Å². The second-order valence-corrected chi connectivity index (χ2v) is 7.19. The third-order valence-corrected chi connectivity index (χ3v) is 5.56. The highest BCUT2D eigenvalue weighted by molar-refractivity contribution is 5.97. The summed E-state index contributed by atoms with van der Waals surface area (Å²) in [6.45, 7) is 0. The van der Waals surface area contributed by atoms with E-state index in [0.29, 0.717) is 12.1 Å². The highest BCUT2D eigenvalue weighted by atomic mass is 19.1. The molecule has 0 heterocycles. The van der Waals surface area contributed by atoms with Crippen molar-refractivity contribution in [3.8, 4) is 11.5 Å². The monoisotopic (exact) mass is 391 g/mol. The summed E-state index contributed by atoms with van der Waals surface area (Å²) in [5.74, 6) is 0.800. The molecule has 29 heavy (non-hydrogen) atoms. The fraction of sp³-hybridized carbons (Fsp3) is 0.208. The number of anilines is 1. The van der Waals surface area contributed by atoms with Crippen LogP contribution in [0.5, 0.6) is 11.5 Å². The lowest BCUT2D eigenvalue weighted by Crippen LogP contribution is -2.22. The molecule has 1 amide bonds. The summed E-state index contributed by atoms with van der Waals surface area (Å²) >= 11 is 0. The van der Waals surface area contributed by atoms with E-state index in [-0.39, 0.29) is 17.6 Å². The molecular weight excluding hydrogens is 369 g/mol. The molecule has 4 nitrogen and oxygen atoms in total. The van der Waals surface area contributed by atoms with Gasteiger partial charge in [-0.2, -0.15) is 0 Å². The summed E-state index contributed by atoms with van der Waals surface area (Å²) in [6.07, 6.45) is 0.667. The molecule has 1 atom stereocenters. The Hall–Kier alpha value is -3.34. The molecule has 3 aromatic rings. The minimum Gasteiger partial charge on any atom is -0.497 e. The van der Waals surface area contributed by atoms with E-state index in [4.69, 9.17) is 9.47 Å². The van der Waals surface area contributed by atoms with Crippen LogP contribution < -0.4 is 14.8 Å². The predicted octanol–water partition coefficient (Wildman–Crippen LogP) is 4.79. The van der Waals surface area contributed by atoms with Crippen LogP contribution in [0.3, 0.4) is 0 Å². The first-order valence-corrected chi connectivity index (χ1v) is 9.42. The van der Waals surface area contributed by atoms with Gasteiger partial charge in [-0.05, 0) is 66.1 Å². The van der Waals surface area contributed by atoms with Crippen molar-refractivity contribution in [1.82, 2.24) is 0 Å². The summed E-state index contributed by atoms with van der Waals surface area (Å²) in [5.41, 5.74) is 2.15. The standard InChI is InChI=1S/C24H22FNO3/c1-28-20-7-3-5-16(13-20)24(17-6-4-8-21(14-17)29-2)15-22(24)23(27)26-19-11-9-18(25)10-12-19/h3-14,22H,15H2,1-2H3,(H,26,27)/t22-/m0/s1. The van der Waals surface area contributed by atoms with Gasteiger partial charge in [0.2, 0.25) is 5.91 Å². The van der Waals surface area contributed by atoms with Crippen LogP contribution in [0.2, 0.25) is 0 Å². The Labute approximate surface area is 169 Å². The molecule has 0 saturated heterocycles. The fourth-order valence-corrected chi connectivity index (χ4v) is 3.95. The van der Waals surface area contributed by atoms with Crippen molar-refractivity contribution in [2.45, 2.75) is 11.8 Å². The Morgan fingerprint density at radius 3 is 2.00 bits per heavy atom. The van der Waals surface area contributed by atoms with Crippen molar-refractivity contribution in [1.29, 1.82) is 0 Å². The molecule has 0 aliphatic heterocycles. The minimum absolute atomic E-state index is 0.0951. The molecule has 1 aliphatic rings. The Morgan fingerprint density at radius 1 is 0.931 bits per heavy atom. The fourth-order valence-electron chi connectivity index (χ4n) is 3.95. The highest BCUT2D eigenvalue weighted by Gasteiger charge is 2.60. The average Bonchev–Trinajstić information content (AvgIpc) is 3.53. The van der Waals surface area contributed by atoms with E-state index in [2.05, 4.69) is 5.32 Å². The Kier molecular flexibility index (Phi) is 4.97. The smallest absolute Gasteiger partial charge is 0.228 e. The van der Waals surface area contributed by atoms with E-state index < -0.39 is 5.41 Å². The molecule has 1 aliphatic carbocycles. The lowest BCUT2D eigenvalue weighted by molar-refractivity contribution is -0.117. The SMILES string of the molecule is COc1cccc(C2(c3cccc(OC)c3)C[C@H]2C(=O)Nc2ccc(F)cc2)c1. The molecule has 0 spiro atoms. The van der Waals surface area contributed by atoms with Crippen molar-refractivity contribution in [3.63, 3.8) is 0 Å². The zero-order chi connectivity index (χ0) is 20.4. The van der Waals surface area contributed by atoms with Crippen LogP contribution in [0.15, 0.2) is 72.8 Å². The Bertz CT molecular complexity index is 985. The minimum atomic E-state index is -0.465. The van der Waals surface area contributed by atoms with Crippen LogP contribution in [0.4, 0.5) is 10.1 Å². The second-order valence-electron chi connectivity index (χ2n) is 7.19. The predicted molar refractivity (Wildman–Crippen MR) is 110 cm³/mol. The maximum atomic E-state index is 13.2. The first-order valence-electron chi connectivity index (χ1n) is 9.42. The van der Waals surface area contributed by atoms with Crippen molar-refractivity contribution in [2.24, 2.45) is 5.92 Å². The number of carbonyl (C=O) groups excluding carboxylic acids is 1. The molecule has 4 rings (SSSR count). The molecule has 3 aromatic carbocycles. The third-order valence-electron chi connectivity index (χ3n) is 5.56. The molecule has 5 heteroatoms. The summed E-state index contributed by atoms with van der Waals surface area (Å²) < 4.78 is 24.0. The van der Waals surface area contributed by atoms with Crippen LogP contribution in [0.1, 0.15) is 17.5 Å². The summed E-state index contributed by atoms with van der Waals surface area (Å²) in [7, 11) is 3.26. The van der Waals surface area contributed by atoms with E-state index >= 15 is 0 Å². The van der Waals surface area contributed by atoms with Crippen molar-refractivity contribution >= 4 is 11.6 Å². The average molecular weight is 391 g/mol. The summed E-state index contributed by atoms with van der Waals surface area (Å²) in [6, 6.07) is 21.4. The van der Waals surface area contributed by atoms with E-state index in [9.17, 15) is 9.18 Å². The van der Waals surface area contributed by atoms with Gasteiger partial charge in [0.05, 0.1) is 20.1 Å². The van der Waals surface area contributed by atoms with Crippen LogP contribution in [-0.4, -0.2) is 20.1 Å². The number of nitrogens with one attached hydrogen (secondary N) is 1. The molecular formula is C24H22FNO3. The summed E-state index contributed by atoms with van der Waals surface area (Å²) in [5, 5.41) is 2.91. The van der Waals surface area contributed by atoms with Gasteiger partial charge in [0.15, 0.2) is 0 Å². The second kappa shape index (κ2) is 7.59. The number of methoxy groups -OCH3 is 2. The number of halogens is 1. The van der Waals surface area contributed by atoms with Crippen LogP contribution >= 0.6 is 0 Å². The topological polar surface area (TPSA) is 47.6 Å². The van der Waals surface area contributed by atoms with Gasteiger partial charge in [0.25, 0.3) is 0 Å². The zero-order valence-corrected chi connectivity index (χ0v) is 16.3. The van der Waals surface area contributed by atoms with Gasteiger partial charge < -0.3 is 14.8 Å². The quantitative estimate of drug-likeness (QED) is 0.657. The summed E-state index contributed by atoms with van der Waals surface area (Å²) in [4.78, 5) is 13.1. The van der Waals surface area contributed by atoms with Gasteiger partial charge >= 0.3 is 0 Å². The number of carbonyl (C=O) groups is 1. The number of hydrogen-bond donors (Lipinski definition) is 1. The molecule has 0 unspecified atom stereocenters. The van der Waals surface area contributed by atoms with Gasteiger partial charge in [0, 0.05) is 11.1 Å². The van der Waals surface area contributed by atoms with Crippen molar-refractivity contribution in [2.75, 3.05) is 19.5 Å². The molecule has 1 fully saturated rings. The zero-order valence-electron chi connectivity index (χ0n) is 16.3. The maximum Gasteiger partial charge on any atom is 0.228 e. The number of amides is 1. The number of benzene rings is 3. The van der Waals surface area contributed by atoms with E-state index in [1.54, 1.807) is 26.4 Å². The maximum absolute atomic E-state index is 13.2. The van der Waals surface area contributed by atoms with Gasteiger partial charge in [-0.25, -0.2) is 4.39 Å². The van der Waals surface area contributed by atoms with Gasteiger partial charge in [-0.1, -0.05) is 24.3 Å². The van der Waals surface area contributed by atoms with Crippen LogP contribution in [0.25, 0.3) is 0 Å². The van der Waals surface area contributed by atoms with E-state index in [1.165, 1.54) is 12.1 Å². The van der Waals surface area contributed by atoms with Gasteiger partial charge in [-0.3, -0.25) is 4.79 Å². The molecule has 0 radical (unpaired) electrons. The third kappa shape index (κ3) is 3.56. The Balaban J connectivity index is 1.70. The normalized spacial score (nSPS) is 16.7. The lowest BCUT2D eigenvalue weighted by Gasteiger charge is -2.20. The first-order chi connectivity index (χ1) is 14.1. The lowest BCUT2D eigenvalue weighted by atomic mass is 9.85. The Morgan fingerprint density at radius 2 is 1.48 bits per heavy atom. The first kappa shape index (κ1) is 19.0. The molecule has 148 valence electrons. The number of hydrogen-bond acceptors (Lipinski definition) is 3. The highest BCUT2D eigenvalue weighted by Crippen LogP contribution is 2.60. The molecule has 0 aromatic heterocycles. The van der Waals surface area contributed by atoms with Gasteiger partial charge in [-0.15, -0.1) is 0 Å². The molecule has 1 saturated carbocycles. The molecule has 0 bridgehead atoms. The number of rotatable bonds is 6. The largest absolute Gasteiger partial charge is 0.497 e. The van der Waals surface area contributed by atoms with Gasteiger partial charge in [0.1, 0.15) is 17.3 Å². The van der Waals surface area contributed by atoms with Crippen molar-refractivity contribution in [3.05, 3.63) is 89.7 Å².